The van der Waals surface area contributed by atoms with E-state index in [1.807, 2.05) is 48.2 Å². The van der Waals surface area contributed by atoms with Crippen LogP contribution in [0.15, 0.2) is 48.5 Å². The zero-order valence-electron chi connectivity index (χ0n) is 19.2. The molecule has 2 aromatic rings. The highest BCUT2D eigenvalue weighted by Gasteiger charge is 2.33. The normalized spacial score (nSPS) is 16.8. The molecule has 4 rings (SSSR count). The summed E-state index contributed by atoms with van der Waals surface area (Å²) in [4.78, 5) is 26.6. The van der Waals surface area contributed by atoms with Crippen LogP contribution in [0.5, 0.6) is 0 Å². The lowest BCUT2D eigenvalue weighted by molar-refractivity contribution is -0.138. The predicted molar refractivity (Wildman–Crippen MR) is 130 cm³/mol. The number of carbonyl (C=O) groups excluding carboxylic acids is 1. The van der Waals surface area contributed by atoms with Gasteiger partial charge in [0.25, 0.3) is 0 Å². The number of carbonyl (C=O) groups is 2. The number of anilines is 2. The molecule has 1 N–H and O–H groups in total. The van der Waals surface area contributed by atoms with Crippen LogP contribution in [0.2, 0.25) is 0 Å². The van der Waals surface area contributed by atoms with Gasteiger partial charge in [-0.25, -0.2) is 4.79 Å². The molecule has 2 aliphatic heterocycles. The summed E-state index contributed by atoms with van der Waals surface area (Å²) >= 11 is -1.50. The summed E-state index contributed by atoms with van der Waals surface area (Å²) in [6.45, 7) is 7.41. The van der Waals surface area contributed by atoms with Crippen LogP contribution in [0, 0.1) is 0 Å². The highest BCUT2D eigenvalue weighted by molar-refractivity contribution is 7.51. The van der Waals surface area contributed by atoms with Crippen molar-refractivity contribution in [1.82, 2.24) is 0 Å². The van der Waals surface area contributed by atoms with E-state index in [2.05, 4.69) is 24.0 Å². The maximum absolute atomic E-state index is 11.4. The highest BCUT2D eigenvalue weighted by atomic mass is 32.1. The summed E-state index contributed by atoms with van der Waals surface area (Å²) in [5.74, 6) is -0.467. The fraction of sp³-hybridized carbons (Fsp3) is 0.391. The molecule has 2 atom stereocenters. The van der Waals surface area contributed by atoms with Crippen molar-refractivity contribution in [3.63, 3.8) is 0 Å². The van der Waals surface area contributed by atoms with Crippen LogP contribution in [0.1, 0.15) is 31.9 Å². The van der Waals surface area contributed by atoms with E-state index >= 15 is 0 Å². The minimum atomic E-state index is -0.750. The molecule has 184 valence electrons. The first-order valence-electron chi connectivity index (χ1n) is 10.6. The van der Waals surface area contributed by atoms with E-state index in [-0.39, 0.29) is 17.9 Å². The van der Waals surface area contributed by atoms with Gasteiger partial charge in [0.1, 0.15) is 6.04 Å². The van der Waals surface area contributed by atoms with Crippen molar-refractivity contribution in [3.05, 3.63) is 59.7 Å². The van der Waals surface area contributed by atoms with Gasteiger partial charge in [-0.2, -0.15) is 16.8 Å². The molecule has 0 saturated carbocycles. The lowest BCUT2D eigenvalue weighted by Crippen LogP contribution is -2.38. The van der Waals surface area contributed by atoms with Crippen molar-refractivity contribution in [2.24, 2.45) is 0 Å². The molecule has 0 amide bonds. The Morgan fingerprint density at radius 3 is 1.50 bits per heavy atom. The lowest BCUT2D eigenvalue weighted by Gasteiger charge is -2.23. The Morgan fingerprint density at radius 1 is 0.794 bits per heavy atom. The lowest BCUT2D eigenvalue weighted by atomic mass is 10.1. The van der Waals surface area contributed by atoms with Crippen LogP contribution in [0.4, 0.5) is 11.4 Å². The Morgan fingerprint density at radius 2 is 1.15 bits per heavy atom. The number of benzene rings is 2. The summed E-state index contributed by atoms with van der Waals surface area (Å²) in [5, 5.41) is 9.05. The Labute approximate surface area is 206 Å². The summed E-state index contributed by atoms with van der Waals surface area (Å²) in [7, 11) is 0. The summed E-state index contributed by atoms with van der Waals surface area (Å²) in [5.41, 5.74) is 4.74. The van der Waals surface area contributed by atoms with Crippen molar-refractivity contribution in [2.45, 2.75) is 45.7 Å². The van der Waals surface area contributed by atoms with Crippen LogP contribution in [-0.4, -0.2) is 58.9 Å². The Bertz CT molecular complexity index is 968. The van der Waals surface area contributed by atoms with Gasteiger partial charge in [0, 0.05) is 37.3 Å². The molecule has 2 aliphatic rings. The number of hydrogen-bond donors (Lipinski definition) is 1. The highest BCUT2D eigenvalue weighted by Crippen LogP contribution is 2.32. The third-order valence-electron chi connectivity index (χ3n) is 5.62. The van der Waals surface area contributed by atoms with E-state index in [1.54, 1.807) is 6.92 Å². The summed E-state index contributed by atoms with van der Waals surface area (Å²) in [6.07, 6.45) is 1.50. The zero-order chi connectivity index (χ0) is 25.7. The number of fused-ring (bicyclic) bond motifs is 2. The molecule has 2 unspecified atom stereocenters. The van der Waals surface area contributed by atoms with E-state index in [9.17, 15) is 9.59 Å². The first-order chi connectivity index (χ1) is 16.3. The number of hydrogen-bond acceptors (Lipinski definition) is 8. The van der Waals surface area contributed by atoms with E-state index in [0.717, 1.165) is 30.8 Å². The van der Waals surface area contributed by atoms with Crippen molar-refractivity contribution >= 4 is 46.3 Å². The second-order valence-corrected chi connectivity index (χ2v) is 7.63. The van der Waals surface area contributed by atoms with Crippen molar-refractivity contribution in [1.29, 1.82) is 0 Å². The molecule has 0 spiro atoms. The largest absolute Gasteiger partial charge is 0.480 e. The number of ketones is 1. The minimum absolute atomic E-state index is 0.0670. The molecular formula is C23H28N2O7S2. The number of nitrogens with zero attached hydrogens (tertiary/aromatic N) is 2. The predicted octanol–water partition coefficient (Wildman–Crippen LogP) is 2.21. The van der Waals surface area contributed by atoms with E-state index in [4.69, 9.17) is 21.9 Å². The molecule has 2 aromatic carbocycles. The van der Waals surface area contributed by atoms with Crippen molar-refractivity contribution in [2.75, 3.05) is 22.9 Å². The zero-order valence-corrected chi connectivity index (χ0v) is 20.8. The third-order valence-corrected chi connectivity index (χ3v) is 5.62. The van der Waals surface area contributed by atoms with Crippen LogP contribution in [-0.2, 0) is 45.6 Å². The molecule has 0 bridgehead atoms. The Hall–Kier alpha value is -3.18. The van der Waals surface area contributed by atoms with Gasteiger partial charge in [-0.15, -0.1) is 0 Å². The van der Waals surface area contributed by atoms with Gasteiger partial charge in [-0.05, 0) is 44.0 Å². The molecule has 0 fully saturated rings. The average Bonchev–Trinajstić information content (AvgIpc) is 3.39. The molecule has 11 heteroatoms. The van der Waals surface area contributed by atoms with Gasteiger partial charge < -0.3 is 14.9 Å². The smallest absolute Gasteiger partial charge is 0.335 e. The van der Waals surface area contributed by atoms with Gasteiger partial charge in [0.05, 0.1) is 6.04 Å². The van der Waals surface area contributed by atoms with E-state index in [0.29, 0.717) is 6.42 Å². The average molecular weight is 509 g/mol. The molecular weight excluding hydrogens is 480 g/mol. The molecule has 0 aliphatic carbocycles. The van der Waals surface area contributed by atoms with Gasteiger partial charge in [0.15, 0.2) is 5.78 Å². The topological polar surface area (TPSA) is 129 Å². The third kappa shape index (κ3) is 7.42. The van der Waals surface area contributed by atoms with Gasteiger partial charge in [0.2, 0.25) is 0 Å². The van der Waals surface area contributed by atoms with Crippen LogP contribution < -0.4 is 9.80 Å². The SMILES string of the molecule is CCN1c2ccccc2CC1C(=O)O.CCN1c2ccccc2CC1C(C)=O.O=S=O.O=S=O. The van der Waals surface area contributed by atoms with Crippen LogP contribution in [0.25, 0.3) is 0 Å². The molecule has 34 heavy (non-hydrogen) atoms. The second kappa shape index (κ2) is 14.9. The standard InChI is InChI=1S/C12H15NO.C11H13NO2.2O2S/c1-3-13-11-7-5-4-6-10(11)8-12(13)9(2)14;1-2-12-9-6-4-3-5-8(9)7-10(12)11(13)14;2*1-3-2/h4-7,12H,3,8H2,1-2H3;3-6,10H,2,7H2,1H3,(H,13,14);;. The van der Waals surface area contributed by atoms with Crippen LogP contribution >= 0.6 is 0 Å². The fourth-order valence-electron chi connectivity index (χ4n) is 4.27. The minimum Gasteiger partial charge on any atom is -0.480 e. The van der Waals surface area contributed by atoms with E-state index in [1.165, 1.54) is 11.3 Å². The number of carboxylic acid groups (broad SMARTS) is 1. The molecule has 2 heterocycles. The first kappa shape index (κ1) is 28.9. The van der Waals surface area contributed by atoms with Crippen molar-refractivity contribution in [3.8, 4) is 0 Å². The number of para-hydroxylation sites is 2. The summed E-state index contributed by atoms with van der Waals surface area (Å²) in [6, 6.07) is 15.9. The summed E-state index contributed by atoms with van der Waals surface area (Å²) < 4.78 is 33.2. The Balaban J connectivity index is 0.000000277. The fourth-order valence-corrected chi connectivity index (χ4v) is 4.27. The monoisotopic (exact) mass is 508 g/mol. The number of aliphatic carboxylic acids is 1. The molecule has 0 aromatic heterocycles. The van der Waals surface area contributed by atoms with E-state index < -0.39 is 29.1 Å². The van der Waals surface area contributed by atoms with Gasteiger partial charge >= 0.3 is 29.1 Å². The molecule has 9 nitrogen and oxygen atoms in total. The molecule has 0 saturated heterocycles. The molecule has 0 radical (unpaired) electrons. The van der Waals surface area contributed by atoms with Crippen LogP contribution in [0.3, 0.4) is 0 Å². The number of Topliss-reactive ketones (excluding diaryl/α,β-unsaturated/α-hetero) is 1. The second-order valence-electron chi connectivity index (χ2n) is 7.35. The maximum atomic E-state index is 11.4. The first-order valence-corrected chi connectivity index (χ1v) is 11.9. The quantitative estimate of drug-likeness (QED) is 0.661. The Kier molecular flexibility index (Phi) is 12.6. The van der Waals surface area contributed by atoms with Crippen molar-refractivity contribution < 1.29 is 31.5 Å². The number of likely N-dealkylation sites (N-methyl/N-ethyl adjacent to an activating group) is 2. The van der Waals surface area contributed by atoms with Gasteiger partial charge in [-0.1, -0.05) is 36.4 Å². The number of rotatable bonds is 4. The number of carboxylic acids is 1. The maximum Gasteiger partial charge on any atom is 0.335 e. The van der Waals surface area contributed by atoms with Gasteiger partial charge in [-0.3, -0.25) is 4.79 Å².